The third kappa shape index (κ3) is 7.06. The molecule has 1 aliphatic rings. The molecule has 0 saturated carbocycles. The molecule has 2 aromatic heterocycles. The van der Waals surface area contributed by atoms with Crippen molar-refractivity contribution in [3.8, 4) is 44.9 Å². The molecule has 0 atom stereocenters. The average Bonchev–Trinajstić information content (AvgIpc) is 3.91. The summed E-state index contributed by atoms with van der Waals surface area (Å²) in [6, 6.07) is 79.5. The zero-order chi connectivity index (χ0) is 44.0. The highest BCUT2D eigenvalue weighted by atomic mass is 16.5. The molecule has 0 bridgehead atoms. The average molecular weight is 852 g/mol. The first-order valence-corrected chi connectivity index (χ1v) is 22.5. The number of pyridine rings is 1. The van der Waals surface area contributed by atoms with Gasteiger partial charge in [0.15, 0.2) is 0 Å². The Labute approximate surface area is 384 Å². The van der Waals surface area contributed by atoms with E-state index in [1.165, 1.54) is 49.8 Å². The maximum atomic E-state index is 6.77. The minimum atomic E-state index is 0.587. The quantitative estimate of drug-likeness (QED) is 0.148. The van der Waals surface area contributed by atoms with Gasteiger partial charge in [0.2, 0.25) is 0 Å². The SMILES string of the molecule is Cc1cc(-c2ccc(NCn3c4ccccc4c4ccc(Oc5cccc(N6CN(c7c(-c8ccccc8)cccc7-c7ccccc7)c7ccccc76)c5)cc43)cc2)c2ccccc2n1. The second-order valence-corrected chi connectivity index (χ2v) is 16.9. The number of nitrogens with zero attached hydrogens (tertiary/aromatic N) is 4. The molecule has 6 nitrogen and oxygen atoms in total. The van der Waals surface area contributed by atoms with E-state index in [9.17, 15) is 0 Å². The van der Waals surface area contributed by atoms with Crippen molar-refractivity contribution in [3.05, 3.63) is 230 Å². The predicted octanol–water partition coefficient (Wildman–Crippen LogP) is 15.8. The van der Waals surface area contributed by atoms with Gasteiger partial charge >= 0.3 is 0 Å². The first-order valence-electron chi connectivity index (χ1n) is 22.5. The highest BCUT2D eigenvalue weighted by Gasteiger charge is 2.31. The molecule has 11 aromatic rings. The lowest BCUT2D eigenvalue weighted by atomic mass is 9.95. The van der Waals surface area contributed by atoms with Crippen LogP contribution in [0, 0.1) is 6.92 Å². The molecule has 3 heterocycles. The molecule has 0 fully saturated rings. The number of aromatic nitrogens is 2. The van der Waals surface area contributed by atoms with E-state index in [0.717, 1.165) is 61.9 Å². The van der Waals surface area contributed by atoms with Crippen LogP contribution in [0.15, 0.2) is 224 Å². The van der Waals surface area contributed by atoms with Crippen molar-refractivity contribution in [3.63, 3.8) is 0 Å². The summed E-state index contributed by atoms with van der Waals surface area (Å²) in [5.41, 5.74) is 17.0. The minimum Gasteiger partial charge on any atom is -0.457 e. The summed E-state index contributed by atoms with van der Waals surface area (Å²) in [6.45, 7) is 3.28. The van der Waals surface area contributed by atoms with E-state index >= 15 is 0 Å². The van der Waals surface area contributed by atoms with Gasteiger partial charge in [0.1, 0.15) is 18.2 Å². The maximum absolute atomic E-state index is 6.77. The van der Waals surface area contributed by atoms with Gasteiger partial charge < -0.3 is 24.4 Å². The fourth-order valence-electron chi connectivity index (χ4n) is 9.76. The molecule has 0 amide bonds. The first kappa shape index (κ1) is 39.0. The van der Waals surface area contributed by atoms with E-state index in [-0.39, 0.29) is 0 Å². The number of fused-ring (bicyclic) bond motifs is 5. The van der Waals surface area contributed by atoms with Crippen molar-refractivity contribution in [2.75, 3.05) is 21.8 Å². The summed E-state index contributed by atoms with van der Waals surface area (Å²) in [5, 5.41) is 7.26. The number of anilines is 5. The van der Waals surface area contributed by atoms with Crippen molar-refractivity contribution < 1.29 is 4.74 Å². The van der Waals surface area contributed by atoms with Crippen molar-refractivity contribution in [1.29, 1.82) is 0 Å². The Hall–Kier alpha value is -8.61. The zero-order valence-corrected chi connectivity index (χ0v) is 36.5. The summed E-state index contributed by atoms with van der Waals surface area (Å²) in [7, 11) is 0. The largest absolute Gasteiger partial charge is 0.457 e. The van der Waals surface area contributed by atoms with Crippen LogP contribution in [0.2, 0.25) is 0 Å². The number of nitrogens with one attached hydrogen (secondary N) is 1. The monoisotopic (exact) mass is 851 g/mol. The number of hydrogen-bond donors (Lipinski definition) is 1. The molecule has 316 valence electrons. The topological polar surface area (TPSA) is 45.6 Å². The van der Waals surface area contributed by atoms with Gasteiger partial charge in [0.05, 0.1) is 40.3 Å². The number of aryl methyl sites for hydroxylation is 1. The van der Waals surface area contributed by atoms with Gasteiger partial charge in [-0.05, 0) is 95.9 Å². The Kier molecular flexibility index (Phi) is 9.76. The van der Waals surface area contributed by atoms with Crippen LogP contribution in [0.4, 0.5) is 28.4 Å². The molecule has 66 heavy (non-hydrogen) atoms. The van der Waals surface area contributed by atoms with E-state index < -0.39 is 0 Å². The minimum absolute atomic E-state index is 0.587. The van der Waals surface area contributed by atoms with Crippen molar-refractivity contribution in [2.24, 2.45) is 0 Å². The maximum Gasteiger partial charge on any atom is 0.129 e. The Morgan fingerprint density at radius 3 is 1.83 bits per heavy atom. The van der Waals surface area contributed by atoms with Gasteiger partial charge in [-0.2, -0.15) is 0 Å². The highest BCUT2D eigenvalue weighted by molar-refractivity contribution is 6.08. The summed E-state index contributed by atoms with van der Waals surface area (Å²) in [6.07, 6.45) is 0. The number of hydrogen-bond acceptors (Lipinski definition) is 5. The van der Waals surface area contributed by atoms with E-state index in [4.69, 9.17) is 9.72 Å². The van der Waals surface area contributed by atoms with Gasteiger partial charge in [-0.15, -0.1) is 0 Å². The van der Waals surface area contributed by atoms with E-state index in [2.05, 4.69) is 239 Å². The Morgan fingerprint density at radius 2 is 1.08 bits per heavy atom. The standard InChI is InChI=1S/C60H45N5O/c1-41-36-54(51-22-8-10-26-55(51)62-41)44-30-32-45(33-31-44)61-39-63-56-27-11-9-23-52(56)53-35-34-48(38-59(53)63)66-47-21-14-20-46(37-47)64-40-65(58-29-13-12-28-57(58)64)60-49(42-16-4-2-5-17-42)24-15-25-50(60)43-18-6-3-7-19-43/h2-38,61H,39-40H2,1H3. The van der Waals surface area contributed by atoms with Crippen molar-refractivity contribution in [1.82, 2.24) is 9.55 Å². The van der Waals surface area contributed by atoms with E-state index in [0.29, 0.717) is 13.3 Å². The lowest BCUT2D eigenvalue weighted by Gasteiger charge is -2.27. The smallest absolute Gasteiger partial charge is 0.129 e. The van der Waals surface area contributed by atoms with Crippen LogP contribution < -0.4 is 19.9 Å². The third-order valence-electron chi connectivity index (χ3n) is 12.8. The normalized spacial score (nSPS) is 12.3. The predicted molar refractivity (Wildman–Crippen MR) is 274 cm³/mol. The summed E-state index contributed by atoms with van der Waals surface area (Å²) >= 11 is 0. The molecule has 1 N–H and O–H groups in total. The summed E-state index contributed by atoms with van der Waals surface area (Å²) in [4.78, 5) is 9.60. The fourth-order valence-corrected chi connectivity index (χ4v) is 9.76. The fraction of sp³-hybridized carbons (Fsp3) is 0.0500. The highest BCUT2D eigenvalue weighted by Crippen LogP contribution is 2.50. The van der Waals surface area contributed by atoms with Gasteiger partial charge in [0.25, 0.3) is 0 Å². The van der Waals surface area contributed by atoms with Crippen LogP contribution in [0.5, 0.6) is 11.5 Å². The van der Waals surface area contributed by atoms with Gasteiger partial charge in [-0.3, -0.25) is 4.98 Å². The second-order valence-electron chi connectivity index (χ2n) is 16.9. The molecule has 6 heteroatoms. The number of rotatable bonds is 10. The molecule has 0 spiro atoms. The van der Waals surface area contributed by atoms with E-state index in [1.807, 2.05) is 12.1 Å². The van der Waals surface area contributed by atoms with Gasteiger partial charge in [0, 0.05) is 56.5 Å². The van der Waals surface area contributed by atoms with Crippen molar-refractivity contribution >= 4 is 61.1 Å². The van der Waals surface area contributed by atoms with Crippen LogP contribution in [0.3, 0.4) is 0 Å². The molecule has 0 radical (unpaired) electrons. The summed E-state index contributed by atoms with van der Waals surface area (Å²) in [5.74, 6) is 1.55. The zero-order valence-electron chi connectivity index (χ0n) is 36.5. The van der Waals surface area contributed by atoms with Crippen LogP contribution in [-0.2, 0) is 6.67 Å². The first-order chi connectivity index (χ1) is 32.6. The van der Waals surface area contributed by atoms with Crippen LogP contribution in [0.25, 0.3) is 66.1 Å². The molecule has 0 saturated heterocycles. The van der Waals surface area contributed by atoms with Gasteiger partial charge in [-0.1, -0.05) is 146 Å². The third-order valence-corrected chi connectivity index (χ3v) is 12.8. The number of ether oxygens (including phenoxy) is 1. The molecular formula is C60H45N5O. The molecular weight excluding hydrogens is 807 g/mol. The van der Waals surface area contributed by atoms with Crippen LogP contribution >= 0.6 is 0 Å². The molecule has 1 aliphatic heterocycles. The number of benzene rings is 9. The molecule has 9 aromatic carbocycles. The van der Waals surface area contributed by atoms with Crippen LogP contribution in [-0.4, -0.2) is 16.2 Å². The lowest BCUT2D eigenvalue weighted by Crippen LogP contribution is -2.24. The Morgan fingerprint density at radius 1 is 0.470 bits per heavy atom. The Bertz CT molecular complexity index is 3510. The lowest BCUT2D eigenvalue weighted by molar-refractivity contribution is 0.483. The van der Waals surface area contributed by atoms with Crippen LogP contribution in [0.1, 0.15) is 5.69 Å². The molecule has 12 rings (SSSR count). The summed E-state index contributed by atoms with van der Waals surface area (Å²) < 4.78 is 9.11. The van der Waals surface area contributed by atoms with Gasteiger partial charge in [-0.25, -0.2) is 0 Å². The van der Waals surface area contributed by atoms with Crippen molar-refractivity contribution in [2.45, 2.75) is 13.6 Å². The molecule has 0 unspecified atom stereocenters. The molecule has 0 aliphatic carbocycles. The number of para-hydroxylation sites is 5. The second kappa shape index (κ2) is 16.5. The Balaban J connectivity index is 0.845. The van der Waals surface area contributed by atoms with E-state index in [1.54, 1.807) is 0 Å².